The molecule has 0 radical (unpaired) electrons. The van der Waals surface area contributed by atoms with E-state index in [0.29, 0.717) is 13.1 Å². The maximum absolute atomic E-state index is 12.8. The van der Waals surface area contributed by atoms with Gasteiger partial charge in [0.25, 0.3) is 0 Å². The first-order valence-corrected chi connectivity index (χ1v) is 5.43. The Morgan fingerprint density at radius 1 is 1.12 bits per heavy atom. The Morgan fingerprint density at radius 3 is 2.35 bits per heavy atom. The van der Waals surface area contributed by atoms with Crippen LogP contribution in [0.5, 0.6) is 0 Å². The number of nitrogens with zero attached hydrogens (tertiary/aromatic N) is 1. The number of benzene rings is 1. The fourth-order valence-corrected chi connectivity index (χ4v) is 1.64. The van der Waals surface area contributed by atoms with Crippen LogP contribution in [0.1, 0.15) is 11.5 Å². The van der Waals surface area contributed by atoms with Gasteiger partial charge in [-0.05, 0) is 36.4 Å². The van der Waals surface area contributed by atoms with E-state index in [9.17, 15) is 4.39 Å². The Bertz CT molecular complexity index is 478. The lowest BCUT2D eigenvalue weighted by Crippen LogP contribution is -2.15. The summed E-state index contributed by atoms with van der Waals surface area (Å²) in [7, 11) is 1.93. The molecule has 0 bridgehead atoms. The van der Waals surface area contributed by atoms with E-state index in [-0.39, 0.29) is 5.82 Å². The standard InChI is InChI=1S/C13H15FN2O/c1-16(11-4-2-10(14)3-5-11)9-13-7-6-12(8-15)17-13/h2-7H,8-9,15H2,1H3. The molecule has 0 unspecified atom stereocenters. The van der Waals surface area contributed by atoms with Gasteiger partial charge in [0.1, 0.15) is 17.3 Å². The van der Waals surface area contributed by atoms with Crippen LogP contribution in [0.4, 0.5) is 10.1 Å². The summed E-state index contributed by atoms with van der Waals surface area (Å²) in [4.78, 5) is 1.98. The molecule has 2 N–H and O–H groups in total. The van der Waals surface area contributed by atoms with Crippen molar-refractivity contribution < 1.29 is 8.81 Å². The predicted molar refractivity (Wildman–Crippen MR) is 65.1 cm³/mol. The van der Waals surface area contributed by atoms with Crippen LogP contribution < -0.4 is 10.6 Å². The highest BCUT2D eigenvalue weighted by Gasteiger charge is 2.06. The number of hydrogen-bond acceptors (Lipinski definition) is 3. The topological polar surface area (TPSA) is 42.4 Å². The summed E-state index contributed by atoms with van der Waals surface area (Å²) in [6.45, 7) is 1.03. The van der Waals surface area contributed by atoms with Gasteiger partial charge in [0.05, 0.1) is 13.1 Å². The maximum atomic E-state index is 12.8. The molecule has 2 rings (SSSR count). The Kier molecular flexibility index (Phi) is 3.44. The zero-order valence-electron chi connectivity index (χ0n) is 9.69. The van der Waals surface area contributed by atoms with Crippen molar-refractivity contribution in [1.82, 2.24) is 0 Å². The summed E-state index contributed by atoms with van der Waals surface area (Å²) in [5, 5.41) is 0. The minimum absolute atomic E-state index is 0.231. The minimum Gasteiger partial charge on any atom is -0.463 e. The molecule has 1 aromatic heterocycles. The van der Waals surface area contributed by atoms with Crippen LogP contribution in [0, 0.1) is 5.82 Å². The zero-order valence-corrected chi connectivity index (χ0v) is 9.69. The minimum atomic E-state index is -0.231. The Balaban J connectivity index is 2.05. The van der Waals surface area contributed by atoms with E-state index >= 15 is 0 Å². The molecule has 4 heteroatoms. The van der Waals surface area contributed by atoms with Crippen molar-refractivity contribution in [1.29, 1.82) is 0 Å². The molecule has 0 spiro atoms. The second-order valence-electron chi connectivity index (χ2n) is 3.90. The zero-order chi connectivity index (χ0) is 12.3. The molecule has 0 saturated heterocycles. The van der Waals surface area contributed by atoms with Crippen molar-refractivity contribution >= 4 is 5.69 Å². The van der Waals surface area contributed by atoms with Crippen LogP contribution in [-0.2, 0) is 13.1 Å². The molecule has 3 nitrogen and oxygen atoms in total. The second-order valence-corrected chi connectivity index (χ2v) is 3.90. The van der Waals surface area contributed by atoms with Gasteiger partial charge in [-0.25, -0.2) is 4.39 Å². The molecular weight excluding hydrogens is 219 g/mol. The van der Waals surface area contributed by atoms with Crippen molar-refractivity contribution in [2.24, 2.45) is 5.73 Å². The lowest BCUT2D eigenvalue weighted by Gasteiger charge is -2.17. The SMILES string of the molecule is CN(Cc1ccc(CN)o1)c1ccc(F)cc1. The number of nitrogens with two attached hydrogens (primary N) is 1. The molecule has 90 valence electrons. The average molecular weight is 234 g/mol. The first-order chi connectivity index (χ1) is 8.19. The molecule has 2 aromatic rings. The van der Waals surface area contributed by atoms with E-state index < -0.39 is 0 Å². The summed E-state index contributed by atoms with van der Waals surface area (Å²) in [6, 6.07) is 10.1. The van der Waals surface area contributed by atoms with Crippen LogP contribution in [0.3, 0.4) is 0 Å². The number of halogens is 1. The molecule has 1 heterocycles. The summed E-state index contributed by atoms with van der Waals surface area (Å²) < 4.78 is 18.3. The van der Waals surface area contributed by atoms with Crippen LogP contribution in [0.2, 0.25) is 0 Å². The molecule has 17 heavy (non-hydrogen) atoms. The Labute approximate surface area is 99.6 Å². The van der Waals surface area contributed by atoms with Crippen LogP contribution in [0.25, 0.3) is 0 Å². The fraction of sp³-hybridized carbons (Fsp3) is 0.231. The van der Waals surface area contributed by atoms with Crippen LogP contribution in [0.15, 0.2) is 40.8 Å². The van der Waals surface area contributed by atoms with Gasteiger partial charge in [0.2, 0.25) is 0 Å². The molecule has 0 aliphatic heterocycles. The van der Waals surface area contributed by atoms with E-state index in [1.165, 1.54) is 12.1 Å². The highest BCUT2D eigenvalue weighted by Crippen LogP contribution is 2.17. The summed E-state index contributed by atoms with van der Waals surface area (Å²) >= 11 is 0. The highest BCUT2D eigenvalue weighted by atomic mass is 19.1. The number of furan rings is 1. The molecular formula is C13H15FN2O. The molecule has 0 saturated carbocycles. The van der Waals surface area contributed by atoms with Gasteiger partial charge in [0.15, 0.2) is 0 Å². The number of hydrogen-bond donors (Lipinski definition) is 1. The fourth-order valence-electron chi connectivity index (χ4n) is 1.64. The molecule has 0 atom stereocenters. The maximum Gasteiger partial charge on any atom is 0.123 e. The van der Waals surface area contributed by atoms with Gasteiger partial charge >= 0.3 is 0 Å². The number of rotatable bonds is 4. The summed E-state index contributed by atoms with van der Waals surface area (Å²) in [5.41, 5.74) is 6.41. The predicted octanol–water partition coefficient (Wildman–Crippen LogP) is 2.51. The first kappa shape index (κ1) is 11.7. The van der Waals surface area contributed by atoms with Crippen molar-refractivity contribution in [2.75, 3.05) is 11.9 Å². The molecule has 0 fully saturated rings. The summed E-state index contributed by atoms with van der Waals surface area (Å²) in [5.74, 6) is 1.38. The quantitative estimate of drug-likeness (QED) is 0.883. The smallest absolute Gasteiger partial charge is 0.123 e. The van der Waals surface area contributed by atoms with Gasteiger partial charge in [-0.1, -0.05) is 0 Å². The van der Waals surface area contributed by atoms with Gasteiger partial charge < -0.3 is 15.1 Å². The van der Waals surface area contributed by atoms with E-state index in [0.717, 1.165) is 17.2 Å². The van der Waals surface area contributed by atoms with Gasteiger partial charge in [-0.2, -0.15) is 0 Å². The molecule has 0 aliphatic rings. The lowest BCUT2D eigenvalue weighted by atomic mass is 10.3. The lowest BCUT2D eigenvalue weighted by molar-refractivity contribution is 0.465. The van der Waals surface area contributed by atoms with E-state index in [2.05, 4.69) is 0 Å². The average Bonchev–Trinajstić information content (AvgIpc) is 2.77. The van der Waals surface area contributed by atoms with Crippen LogP contribution in [-0.4, -0.2) is 7.05 Å². The van der Waals surface area contributed by atoms with Crippen molar-refractivity contribution in [2.45, 2.75) is 13.1 Å². The molecule has 1 aromatic carbocycles. The third-order valence-electron chi connectivity index (χ3n) is 2.58. The largest absolute Gasteiger partial charge is 0.463 e. The van der Waals surface area contributed by atoms with E-state index in [1.54, 1.807) is 12.1 Å². The Hall–Kier alpha value is -1.81. The normalized spacial score (nSPS) is 10.5. The van der Waals surface area contributed by atoms with Crippen LogP contribution >= 0.6 is 0 Å². The van der Waals surface area contributed by atoms with E-state index in [1.807, 2.05) is 24.1 Å². The first-order valence-electron chi connectivity index (χ1n) is 5.43. The third kappa shape index (κ3) is 2.85. The monoisotopic (exact) mass is 234 g/mol. The third-order valence-corrected chi connectivity index (χ3v) is 2.58. The second kappa shape index (κ2) is 5.01. The van der Waals surface area contributed by atoms with Gasteiger partial charge in [0, 0.05) is 12.7 Å². The number of anilines is 1. The van der Waals surface area contributed by atoms with Gasteiger partial charge in [-0.3, -0.25) is 0 Å². The highest BCUT2D eigenvalue weighted by molar-refractivity contribution is 5.45. The summed E-state index contributed by atoms with van der Waals surface area (Å²) in [6.07, 6.45) is 0. The Morgan fingerprint density at radius 2 is 1.76 bits per heavy atom. The van der Waals surface area contributed by atoms with Crippen molar-refractivity contribution in [3.05, 3.63) is 53.7 Å². The molecule has 0 amide bonds. The van der Waals surface area contributed by atoms with E-state index in [4.69, 9.17) is 10.2 Å². The van der Waals surface area contributed by atoms with Crippen molar-refractivity contribution in [3.8, 4) is 0 Å². The van der Waals surface area contributed by atoms with Gasteiger partial charge in [-0.15, -0.1) is 0 Å². The van der Waals surface area contributed by atoms with Crippen molar-refractivity contribution in [3.63, 3.8) is 0 Å². The molecule has 0 aliphatic carbocycles.